The molecule has 1 aliphatic rings. The number of sulfonamides is 1. The molecule has 1 amide bonds. The van der Waals surface area contributed by atoms with Crippen LogP contribution in [-0.4, -0.2) is 48.8 Å². The number of rotatable bonds is 7. The minimum Gasteiger partial charge on any atom is -0.481 e. The fourth-order valence-corrected chi connectivity index (χ4v) is 4.70. The van der Waals surface area contributed by atoms with Crippen molar-refractivity contribution in [2.45, 2.75) is 50.5 Å². The average molecular weight is 382 g/mol. The molecule has 0 bridgehead atoms. The molecule has 26 heavy (non-hydrogen) atoms. The van der Waals surface area contributed by atoms with Crippen LogP contribution in [0.2, 0.25) is 0 Å². The molecule has 0 radical (unpaired) electrons. The van der Waals surface area contributed by atoms with Crippen molar-refractivity contribution >= 4 is 21.9 Å². The van der Waals surface area contributed by atoms with Crippen molar-refractivity contribution < 1.29 is 23.1 Å². The average Bonchev–Trinajstić information content (AvgIpc) is 2.63. The lowest BCUT2D eigenvalue weighted by Crippen LogP contribution is -2.38. The quantitative estimate of drug-likeness (QED) is 0.751. The van der Waals surface area contributed by atoms with E-state index in [-0.39, 0.29) is 22.8 Å². The fraction of sp³-hybridized carbons (Fsp3) is 0.556. The topological polar surface area (TPSA) is 104 Å². The van der Waals surface area contributed by atoms with Crippen LogP contribution in [0.25, 0.3) is 0 Å². The molecule has 1 aromatic rings. The first-order chi connectivity index (χ1) is 12.3. The molecule has 0 heterocycles. The van der Waals surface area contributed by atoms with Gasteiger partial charge in [-0.2, -0.15) is 4.31 Å². The number of nitrogens with zero attached hydrogens (tertiary/aromatic N) is 1. The van der Waals surface area contributed by atoms with Crippen LogP contribution in [0, 0.1) is 5.92 Å². The van der Waals surface area contributed by atoms with Crippen molar-refractivity contribution in [2.24, 2.45) is 5.92 Å². The predicted molar refractivity (Wildman–Crippen MR) is 97.4 cm³/mol. The minimum absolute atomic E-state index is 0.0443. The largest absolute Gasteiger partial charge is 0.481 e. The minimum atomic E-state index is -3.54. The number of carbonyl (C=O) groups excluding carboxylic acids is 1. The summed E-state index contributed by atoms with van der Waals surface area (Å²) in [5.41, 5.74) is 0.392. The molecule has 1 fully saturated rings. The van der Waals surface area contributed by atoms with E-state index in [0.29, 0.717) is 44.3 Å². The first-order valence-electron chi connectivity index (χ1n) is 8.93. The van der Waals surface area contributed by atoms with Crippen LogP contribution in [0.15, 0.2) is 29.2 Å². The van der Waals surface area contributed by atoms with E-state index in [4.69, 9.17) is 5.11 Å². The Bertz CT molecular complexity index is 733. The highest BCUT2D eigenvalue weighted by atomic mass is 32.2. The Morgan fingerprint density at radius 1 is 1.08 bits per heavy atom. The maximum Gasteiger partial charge on any atom is 0.306 e. The van der Waals surface area contributed by atoms with Gasteiger partial charge in [0.15, 0.2) is 0 Å². The summed E-state index contributed by atoms with van der Waals surface area (Å²) >= 11 is 0. The lowest BCUT2D eigenvalue weighted by atomic mass is 9.86. The van der Waals surface area contributed by atoms with E-state index in [9.17, 15) is 18.0 Å². The summed E-state index contributed by atoms with van der Waals surface area (Å²) in [5, 5.41) is 11.9. The molecule has 0 aromatic heterocycles. The van der Waals surface area contributed by atoms with Gasteiger partial charge in [-0.05, 0) is 49.9 Å². The molecule has 1 aromatic carbocycles. The molecular formula is C18H26N2O5S. The standard InChI is InChI=1S/C18H26N2O5S/c1-3-20(4-2)26(24,25)16-11-7-13(8-12-16)17(21)19-15-9-5-14(6-10-15)18(22)23/h7-8,11-12,14-15H,3-6,9-10H2,1-2H3,(H,19,21)(H,22,23). The van der Waals surface area contributed by atoms with Gasteiger partial charge < -0.3 is 10.4 Å². The summed E-state index contributed by atoms with van der Waals surface area (Å²) in [6, 6.07) is 5.87. The second kappa shape index (κ2) is 8.64. The lowest BCUT2D eigenvalue weighted by Gasteiger charge is -2.26. The number of aliphatic carboxylic acids is 1. The number of carboxylic acids is 1. The molecule has 1 saturated carbocycles. The normalized spacial score (nSPS) is 20.7. The molecule has 1 aliphatic carbocycles. The van der Waals surface area contributed by atoms with Crippen LogP contribution in [0.1, 0.15) is 49.9 Å². The fourth-order valence-electron chi connectivity index (χ4n) is 3.24. The van der Waals surface area contributed by atoms with Crippen molar-refractivity contribution in [3.63, 3.8) is 0 Å². The van der Waals surface area contributed by atoms with E-state index < -0.39 is 16.0 Å². The number of carbonyl (C=O) groups is 2. The summed E-state index contributed by atoms with van der Waals surface area (Å²) in [6.07, 6.45) is 2.39. The van der Waals surface area contributed by atoms with Gasteiger partial charge >= 0.3 is 5.97 Å². The number of hydrogen-bond acceptors (Lipinski definition) is 4. The second-order valence-electron chi connectivity index (χ2n) is 6.47. The van der Waals surface area contributed by atoms with Crippen LogP contribution in [-0.2, 0) is 14.8 Å². The zero-order chi connectivity index (χ0) is 19.3. The van der Waals surface area contributed by atoms with E-state index in [1.165, 1.54) is 28.6 Å². The van der Waals surface area contributed by atoms with Gasteiger partial charge in [0.1, 0.15) is 0 Å². The van der Waals surface area contributed by atoms with Gasteiger partial charge in [-0.25, -0.2) is 8.42 Å². The Kier molecular flexibility index (Phi) is 6.77. The van der Waals surface area contributed by atoms with Crippen LogP contribution < -0.4 is 5.32 Å². The van der Waals surface area contributed by atoms with Crippen molar-refractivity contribution in [3.8, 4) is 0 Å². The van der Waals surface area contributed by atoms with Crippen LogP contribution in [0.4, 0.5) is 0 Å². The van der Waals surface area contributed by atoms with Gasteiger partial charge in [-0.3, -0.25) is 9.59 Å². The number of nitrogens with one attached hydrogen (secondary N) is 1. The number of benzene rings is 1. The van der Waals surface area contributed by atoms with Gasteiger partial charge in [0.05, 0.1) is 10.8 Å². The van der Waals surface area contributed by atoms with Gasteiger partial charge in [0.2, 0.25) is 10.0 Å². The molecular weight excluding hydrogens is 356 g/mol. The highest BCUT2D eigenvalue weighted by Crippen LogP contribution is 2.24. The third-order valence-electron chi connectivity index (χ3n) is 4.87. The van der Waals surface area contributed by atoms with E-state index in [1.807, 2.05) is 0 Å². The smallest absolute Gasteiger partial charge is 0.306 e. The first kappa shape index (κ1) is 20.4. The van der Waals surface area contributed by atoms with Gasteiger partial charge in [-0.1, -0.05) is 13.8 Å². The second-order valence-corrected chi connectivity index (χ2v) is 8.41. The molecule has 2 N–H and O–H groups in total. The zero-order valence-electron chi connectivity index (χ0n) is 15.1. The van der Waals surface area contributed by atoms with Gasteiger partial charge in [-0.15, -0.1) is 0 Å². The van der Waals surface area contributed by atoms with E-state index in [1.54, 1.807) is 13.8 Å². The monoisotopic (exact) mass is 382 g/mol. The predicted octanol–water partition coefficient (Wildman–Crippen LogP) is 2.09. The van der Waals surface area contributed by atoms with Crippen molar-refractivity contribution in [2.75, 3.05) is 13.1 Å². The Balaban J connectivity index is 2.00. The Hall–Kier alpha value is -1.93. The van der Waals surface area contributed by atoms with Crippen LogP contribution >= 0.6 is 0 Å². The van der Waals surface area contributed by atoms with E-state index in [0.717, 1.165) is 0 Å². The highest BCUT2D eigenvalue weighted by Gasteiger charge is 2.27. The molecule has 0 saturated heterocycles. The lowest BCUT2D eigenvalue weighted by molar-refractivity contribution is -0.142. The molecule has 0 atom stereocenters. The highest BCUT2D eigenvalue weighted by molar-refractivity contribution is 7.89. The van der Waals surface area contributed by atoms with Crippen molar-refractivity contribution in [1.29, 1.82) is 0 Å². The van der Waals surface area contributed by atoms with Crippen LogP contribution in [0.5, 0.6) is 0 Å². The number of amides is 1. The Morgan fingerprint density at radius 2 is 1.62 bits per heavy atom. The third kappa shape index (κ3) is 4.62. The Morgan fingerprint density at radius 3 is 2.08 bits per heavy atom. The van der Waals surface area contributed by atoms with Gasteiger partial charge in [0.25, 0.3) is 5.91 Å². The molecule has 0 aliphatic heterocycles. The zero-order valence-corrected chi connectivity index (χ0v) is 16.0. The SMILES string of the molecule is CCN(CC)S(=O)(=O)c1ccc(C(=O)NC2CCC(C(=O)O)CC2)cc1. The van der Waals surface area contributed by atoms with Gasteiger partial charge in [0, 0.05) is 24.7 Å². The number of hydrogen-bond donors (Lipinski definition) is 2. The van der Waals surface area contributed by atoms with Crippen molar-refractivity contribution in [3.05, 3.63) is 29.8 Å². The Labute approximate surface area is 154 Å². The number of carboxylic acid groups (broad SMARTS) is 1. The molecule has 0 spiro atoms. The maximum absolute atomic E-state index is 12.5. The molecule has 8 heteroatoms. The summed E-state index contributed by atoms with van der Waals surface area (Å²) in [5.74, 6) is -1.37. The molecule has 2 rings (SSSR count). The van der Waals surface area contributed by atoms with Crippen molar-refractivity contribution in [1.82, 2.24) is 9.62 Å². The van der Waals surface area contributed by atoms with Crippen LogP contribution in [0.3, 0.4) is 0 Å². The molecule has 144 valence electrons. The van der Waals surface area contributed by atoms with E-state index in [2.05, 4.69) is 5.32 Å². The summed E-state index contributed by atoms with van der Waals surface area (Å²) in [7, 11) is -3.54. The summed E-state index contributed by atoms with van der Waals surface area (Å²) < 4.78 is 26.3. The first-order valence-corrected chi connectivity index (χ1v) is 10.4. The summed E-state index contributed by atoms with van der Waals surface area (Å²) in [6.45, 7) is 4.34. The molecule has 0 unspecified atom stereocenters. The van der Waals surface area contributed by atoms with E-state index >= 15 is 0 Å². The molecule has 7 nitrogen and oxygen atoms in total. The summed E-state index contributed by atoms with van der Waals surface area (Å²) in [4.78, 5) is 23.5. The maximum atomic E-state index is 12.5. The third-order valence-corrected chi connectivity index (χ3v) is 6.94.